The summed E-state index contributed by atoms with van der Waals surface area (Å²) < 4.78 is 5.05. The standard InChI is InChI=1S/C13H21N3O2S/c1-16(8-5-9-18-2)10-6-4-7-11(19-3)12(10)13(14)15-17/h4,6-7,17H,5,8-9H2,1-3H3,(H2,14,15). The van der Waals surface area contributed by atoms with Crippen molar-refractivity contribution in [3.63, 3.8) is 0 Å². The van der Waals surface area contributed by atoms with Gasteiger partial charge in [-0.05, 0) is 24.8 Å². The highest BCUT2D eigenvalue weighted by Gasteiger charge is 2.15. The van der Waals surface area contributed by atoms with Gasteiger partial charge in [-0.25, -0.2) is 0 Å². The molecule has 0 radical (unpaired) electrons. The summed E-state index contributed by atoms with van der Waals surface area (Å²) in [6.07, 6.45) is 2.89. The molecule has 3 N–H and O–H groups in total. The monoisotopic (exact) mass is 283 g/mol. The molecular weight excluding hydrogens is 262 g/mol. The molecule has 19 heavy (non-hydrogen) atoms. The second kappa shape index (κ2) is 7.91. The first-order valence-corrected chi connectivity index (χ1v) is 7.23. The predicted molar refractivity (Wildman–Crippen MR) is 80.5 cm³/mol. The van der Waals surface area contributed by atoms with Gasteiger partial charge in [0.05, 0.1) is 5.56 Å². The summed E-state index contributed by atoms with van der Waals surface area (Å²) in [5.41, 5.74) is 7.53. The number of hydrogen-bond acceptors (Lipinski definition) is 5. The van der Waals surface area contributed by atoms with Crippen molar-refractivity contribution in [2.24, 2.45) is 10.9 Å². The van der Waals surface area contributed by atoms with E-state index in [-0.39, 0.29) is 5.84 Å². The van der Waals surface area contributed by atoms with E-state index in [1.165, 1.54) is 0 Å². The van der Waals surface area contributed by atoms with Crippen LogP contribution < -0.4 is 10.6 Å². The van der Waals surface area contributed by atoms with E-state index in [1.54, 1.807) is 18.9 Å². The molecule has 0 amide bonds. The summed E-state index contributed by atoms with van der Waals surface area (Å²) >= 11 is 1.58. The van der Waals surface area contributed by atoms with E-state index in [2.05, 4.69) is 10.1 Å². The molecule has 0 atom stereocenters. The van der Waals surface area contributed by atoms with Crippen LogP contribution in [0, 0.1) is 0 Å². The van der Waals surface area contributed by atoms with Crippen LogP contribution in [0.5, 0.6) is 0 Å². The third-order valence-corrected chi connectivity index (χ3v) is 3.62. The Morgan fingerprint density at radius 1 is 1.53 bits per heavy atom. The normalized spacial score (nSPS) is 11.6. The van der Waals surface area contributed by atoms with E-state index in [0.29, 0.717) is 6.61 Å². The number of benzene rings is 1. The smallest absolute Gasteiger partial charge is 0.173 e. The largest absolute Gasteiger partial charge is 0.409 e. The Morgan fingerprint density at radius 2 is 2.26 bits per heavy atom. The van der Waals surface area contributed by atoms with Crippen molar-refractivity contribution in [1.29, 1.82) is 0 Å². The van der Waals surface area contributed by atoms with E-state index >= 15 is 0 Å². The highest BCUT2D eigenvalue weighted by Crippen LogP contribution is 2.29. The number of rotatable bonds is 7. The Balaban J connectivity index is 3.05. The first-order valence-electron chi connectivity index (χ1n) is 6.00. The maximum atomic E-state index is 8.94. The minimum absolute atomic E-state index is 0.138. The van der Waals surface area contributed by atoms with Gasteiger partial charge in [0.15, 0.2) is 5.84 Å². The molecule has 0 fully saturated rings. The minimum atomic E-state index is 0.138. The van der Waals surface area contributed by atoms with Gasteiger partial charge in [-0.15, -0.1) is 11.8 Å². The van der Waals surface area contributed by atoms with Crippen LogP contribution >= 0.6 is 11.8 Å². The molecule has 0 saturated carbocycles. The lowest BCUT2D eigenvalue weighted by Gasteiger charge is -2.23. The molecule has 0 heterocycles. The minimum Gasteiger partial charge on any atom is -0.409 e. The van der Waals surface area contributed by atoms with Crippen molar-refractivity contribution in [1.82, 2.24) is 0 Å². The molecule has 0 saturated heterocycles. The molecule has 0 aromatic heterocycles. The van der Waals surface area contributed by atoms with Gasteiger partial charge in [0.25, 0.3) is 0 Å². The topological polar surface area (TPSA) is 71.1 Å². The highest BCUT2D eigenvalue weighted by atomic mass is 32.2. The molecule has 0 aliphatic carbocycles. The summed E-state index contributed by atoms with van der Waals surface area (Å²) in [5, 5.41) is 12.1. The second-order valence-corrected chi connectivity index (χ2v) is 4.96. The Bertz CT molecular complexity index is 438. The number of hydrogen-bond donors (Lipinski definition) is 2. The van der Waals surface area contributed by atoms with Crippen LogP contribution in [0.25, 0.3) is 0 Å². The number of nitrogens with two attached hydrogens (primary N) is 1. The second-order valence-electron chi connectivity index (χ2n) is 4.11. The van der Waals surface area contributed by atoms with Crippen LogP contribution in [-0.2, 0) is 4.74 Å². The molecule has 0 unspecified atom stereocenters. The SMILES string of the molecule is COCCCN(C)c1cccc(SC)c1/C(N)=N/O. The maximum absolute atomic E-state index is 8.94. The van der Waals surface area contributed by atoms with Gasteiger partial charge in [-0.3, -0.25) is 0 Å². The summed E-state index contributed by atoms with van der Waals surface area (Å²) in [7, 11) is 3.68. The lowest BCUT2D eigenvalue weighted by molar-refractivity contribution is 0.196. The lowest BCUT2D eigenvalue weighted by Crippen LogP contribution is -2.25. The number of amidine groups is 1. The molecule has 106 valence electrons. The molecule has 1 aromatic carbocycles. The fourth-order valence-electron chi connectivity index (χ4n) is 1.88. The lowest BCUT2D eigenvalue weighted by atomic mass is 10.1. The number of thioether (sulfide) groups is 1. The van der Waals surface area contributed by atoms with Gasteiger partial charge >= 0.3 is 0 Å². The zero-order valence-corrected chi connectivity index (χ0v) is 12.4. The third kappa shape index (κ3) is 4.04. The number of nitrogens with zero attached hydrogens (tertiary/aromatic N) is 2. The summed E-state index contributed by atoms with van der Waals surface area (Å²) in [6.45, 7) is 1.56. The van der Waals surface area contributed by atoms with Crippen molar-refractivity contribution in [2.75, 3.05) is 38.5 Å². The first-order chi connectivity index (χ1) is 9.15. The summed E-state index contributed by atoms with van der Waals surface area (Å²) in [4.78, 5) is 3.08. The van der Waals surface area contributed by atoms with Crippen LogP contribution in [0.2, 0.25) is 0 Å². The molecule has 1 aromatic rings. The zero-order valence-electron chi connectivity index (χ0n) is 11.6. The molecular formula is C13H21N3O2S. The number of anilines is 1. The summed E-state index contributed by atoms with van der Waals surface area (Å²) in [6, 6.07) is 5.91. The summed E-state index contributed by atoms with van der Waals surface area (Å²) in [5.74, 6) is 0.138. The van der Waals surface area contributed by atoms with E-state index in [4.69, 9.17) is 15.7 Å². The van der Waals surface area contributed by atoms with Gasteiger partial charge in [0.2, 0.25) is 0 Å². The quantitative estimate of drug-likeness (QED) is 0.200. The number of ether oxygens (including phenoxy) is 1. The van der Waals surface area contributed by atoms with Crippen molar-refractivity contribution < 1.29 is 9.94 Å². The fourth-order valence-corrected chi connectivity index (χ4v) is 2.51. The average molecular weight is 283 g/mol. The number of oxime groups is 1. The van der Waals surface area contributed by atoms with Crippen molar-refractivity contribution in [2.45, 2.75) is 11.3 Å². The Hall–Kier alpha value is -1.40. The van der Waals surface area contributed by atoms with Crippen molar-refractivity contribution >= 4 is 23.3 Å². The first kappa shape index (κ1) is 15.7. The highest BCUT2D eigenvalue weighted by molar-refractivity contribution is 7.98. The van der Waals surface area contributed by atoms with Crippen molar-refractivity contribution in [3.05, 3.63) is 23.8 Å². The van der Waals surface area contributed by atoms with E-state index in [9.17, 15) is 0 Å². The van der Waals surface area contributed by atoms with Crippen LogP contribution in [0.3, 0.4) is 0 Å². The average Bonchev–Trinajstić information content (AvgIpc) is 2.45. The Kier molecular flexibility index (Phi) is 6.52. The van der Waals surface area contributed by atoms with Gasteiger partial charge in [-0.2, -0.15) is 0 Å². The third-order valence-electron chi connectivity index (χ3n) is 2.84. The molecule has 6 heteroatoms. The van der Waals surface area contributed by atoms with E-state index in [0.717, 1.165) is 29.1 Å². The predicted octanol–water partition coefficient (Wildman–Crippen LogP) is 1.98. The van der Waals surface area contributed by atoms with E-state index < -0.39 is 0 Å². The van der Waals surface area contributed by atoms with Crippen LogP contribution in [0.4, 0.5) is 5.69 Å². The van der Waals surface area contributed by atoms with Gasteiger partial charge in [-0.1, -0.05) is 11.2 Å². The molecule has 5 nitrogen and oxygen atoms in total. The van der Waals surface area contributed by atoms with Crippen LogP contribution in [0.15, 0.2) is 28.3 Å². The fraction of sp³-hybridized carbons (Fsp3) is 0.462. The van der Waals surface area contributed by atoms with Gasteiger partial charge < -0.3 is 20.6 Å². The van der Waals surface area contributed by atoms with Crippen LogP contribution in [-0.4, -0.2) is 44.6 Å². The van der Waals surface area contributed by atoms with Crippen molar-refractivity contribution in [3.8, 4) is 0 Å². The zero-order chi connectivity index (χ0) is 14.3. The Morgan fingerprint density at radius 3 is 2.84 bits per heavy atom. The van der Waals surface area contributed by atoms with E-state index in [1.807, 2.05) is 31.5 Å². The molecule has 0 aliphatic rings. The maximum Gasteiger partial charge on any atom is 0.173 e. The molecule has 1 rings (SSSR count). The molecule has 0 bridgehead atoms. The Labute approximate surface area is 118 Å². The molecule has 0 aliphatic heterocycles. The van der Waals surface area contributed by atoms with Crippen LogP contribution in [0.1, 0.15) is 12.0 Å². The van der Waals surface area contributed by atoms with Gasteiger partial charge in [0, 0.05) is 37.9 Å². The number of methoxy groups -OCH3 is 1. The molecule has 0 spiro atoms. The van der Waals surface area contributed by atoms with Gasteiger partial charge in [0.1, 0.15) is 0 Å².